The van der Waals surface area contributed by atoms with Crippen LogP contribution in [0.4, 0.5) is 0 Å². The Hall–Kier alpha value is -0.650. The third kappa shape index (κ3) is 10.5. The van der Waals surface area contributed by atoms with Gasteiger partial charge >= 0.3 is 5.97 Å². The van der Waals surface area contributed by atoms with E-state index in [0.717, 1.165) is 12.8 Å². The molecule has 0 aliphatic rings. The minimum absolute atomic E-state index is 0.237. The summed E-state index contributed by atoms with van der Waals surface area (Å²) in [4.78, 5) is 10.8. The van der Waals surface area contributed by atoms with Crippen molar-refractivity contribution >= 4 is 5.97 Å². The molecule has 1 N–H and O–H groups in total. The van der Waals surface area contributed by atoms with Crippen molar-refractivity contribution in [3.05, 3.63) is 0 Å². The molecule has 0 radical (unpaired) electrons. The number of carboxylic acids is 1. The van der Waals surface area contributed by atoms with Crippen LogP contribution in [0.25, 0.3) is 0 Å². The Morgan fingerprint density at radius 1 is 1.00 bits per heavy atom. The third-order valence-corrected chi connectivity index (χ3v) is 2.42. The summed E-state index contributed by atoms with van der Waals surface area (Å²) in [5.74, 6) is -1.08. The molecule has 0 amide bonds. The molecule has 108 valence electrons. The summed E-state index contributed by atoms with van der Waals surface area (Å²) in [7, 11) is 0. The Bertz CT molecular complexity index is 196. The van der Waals surface area contributed by atoms with Gasteiger partial charge in [0.2, 0.25) is 0 Å². The van der Waals surface area contributed by atoms with Crippen molar-refractivity contribution in [2.24, 2.45) is 0 Å². The van der Waals surface area contributed by atoms with Gasteiger partial charge in [-0.3, -0.25) is 0 Å². The molecule has 1 unspecified atom stereocenters. The fraction of sp³-hybridized carbons (Fsp3) is 0.923. The standard InChI is InChI=1S/C13H26O5/c1-3-5-6-7-8-9-17-13(12(14)15)18-11-10-16-4-2/h13H,3-11H2,1-2H3,(H,14,15). The Morgan fingerprint density at radius 2 is 1.67 bits per heavy atom. The van der Waals surface area contributed by atoms with E-state index in [2.05, 4.69) is 6.92 Å². The van der Waals surface area contributed by atoms with Gasteiger partial charge in [-0.25, -0.2) is 4.79 Å². The van der Waals surface area contributed by atoms with Gasteiger partial charge in [-0.2, -0.15) is 0 Å². The number of unbranched alkanes of at least 4 members (excludes halogenated alkanes) is 4. The van der Waals surface area contributed by atoms with Gasteiger partial charge in [0, 0.05) is 6.61 Å². The van der Waals surface area contributed by atoms with Crippen LogP contribution in [0.5, 0.6) is 0 Å². The number of ether oxygens (including phenoxy) is 3. The Kier molecular flexibility index (Phi) is 12.3. The summed E-state index contributed by atoms with van der Waals surface area (Å²) in [6.45, 7) is 5.68. The van der Waals surface area contributed by atoms with E-state index in [1.165, 1.54) is 19.3 Å². The molecule has 0 aromatic carbocycles. The van der Waals surface area contributed by atoms with Crippen molar-refractivity contribution in [2.75, 3.05) is 26.4 Å². The third-order valence-electron chi connectivity index (χ3n) is 2.42. The molecule has 0 spiro atoms. The zero-order chi connectivity index (χ0) is 13.6. The molecule has 0 aromatic heterocycles. The van der Waals surface area contributed by atoms with Crippen LogP contribution in [0.15, 0.2) is 0 Å². The summed E-state index contributed by atoms with van der Waals surface area (Å²) in [6, 6.07) is 0. The predicted molar refractivity (Wildman–Crippen MR) is 68.6 cm³/mol. The Morgan fingerprint density at radius 3 is 2.28 bits per heavy atom. The number of rotatable bonds is 13. The van der Waals surface area contributed by atoms with E-state index >= 15 is 0 Å². The van der Waals surface area contributed by atoms with Crippen LogP contribution >= 0.6 is 0 Å². The van der Waals surface area contributed by atoms with Crippen LogP contribution < -0.4 is 0 Å². The van der Waals surface area contributed by atoms with Crippen LogP contribution in [0.1, 0.15) is 46.0 Å². The maximum Gasteiger partial charge on any atom is 0.361 e. The highest BCUT2D eigenvalue weighted by molar-refractivity contribution is 5.70. The van der Waals surface area contributed by atoms with E-state index in [1.807, 2.05) is 6.92 Å². The van der Waals surface area contributed by atoms with Crippen molar-refractivity contribution in [3.63, 3.8) is 0 Å². The summed E-state index contributed by atoms with van der Waals surface area (Å²) in [5.41, 5.74) is 0. The zero-order valence-electron chi connectivity index (χ0n) is 11.5. The van der Waals surface area contributed by atoms with Crippen LogP contribution in [-0.4, -0.2) is 43.8 Å². The van der Waals surface area contributed by atoms with Crippen LogP contribution in [-0.2, 0) is 19.0 Å². The quantitative estimate of drug-likeness (QED) is 0.408. The van der Waals surface area contributed by atoms with E-state index < -0.39 is 12.3 Å². The second-order valence-electron chi connectivity index (χ2n) is 4.02. The van der Waals surface area contributed by atoms with Crippen molar-refractivity contribution in [1.82, 2.24) is 0 Å². The SMILES string of the molecule is CCCCCCCOC(OCCOCC)C(=O)O. The summed E-state index contributed by atoms with van der Waals surface area (Å²) < 4.78 is 15.3. The molecule has 5 nitrogen and oxygen atoms in total. The van der Waals surface area contributed by atoms with Gasteiger partial charge in [0.05, 0.1) is 19.8 Å². The zero-order valence-corrected chi connectivity index (χ0v) is 11.5. The van der Waals surface area contributed by atoms with E-state index in [4.69, 9.17) is 19.3 Å². The summed E-state index contributed by atoms with van der Waals surface area (Å²) in [6.07, 6.45) is 4.35. The Balaban J connectivity index is 3.54. The van der Waals surface area contributed by atoms with Crippen LogP contribution in [0.2, 0.25) is 0 Å². The van der Waals surface area contributed by atoms with Crippen LogP contribution in [0.3, 0.4) is 0 Å². The number of carbonyl (C=O) groups is 1. The first-order chi connectivity index (χ1) is 8.72. The van der Waals surface area contributed by atoms with Gasteiger partial charge in [0.15, 0.2) is 0 Å². The Labute approximate surface area is 109 Å². The fourth-order valence-electron chi connectivity index (χ4n) is 1.45. The molecule has 0 heterocycles. The summed E-state index contributed by atoms with van der Waals surface area (Å²) >= 11 is 0. The second-order valence-corrected chi connectivity index (χ2v) is 4.02. The van der Waals surface area contributed by atoms with Crippen molar-refractivity contribution in [1.29, 1.82) is 0 Å². The lowest BCUT2D eigenvalue weighted by Crippen LogP contribution is -2.29. The topological polar surface area (TPSA) is 65.0 Å². The van der Waals surface area contributed by atoms with E-state index in [0.29, 0.717) is 19.8 Å². The molecular weight excluding hydrogens is 236 g/mol. The van der Waals surface area contributed by atoms with Crippen LogP contribution in [0, 0.1) is 0 Å². The molecule has 1 atom stereocenters. The highest BCUT2D eigenvalue weighted by Gasteiger charge is 2.17. The average molecular weight is 262 g/mol. The lowest BCUT2D eigenvalue weighted by Gasteiger charge is -2.14. The predicted octanol–water partition coefficient (Wildman–Crippen LogP) is 2.44. The maximum absolute atomic E-state index is 10.8. The van der Waals surface area contributed by atoms with E-state index in [-0.39, 0.29) is 6.61 Å². The van der Waals surface area contributed by atoms with Gasteiger partial charge in [-0.1, -0.05) is 32.6 Å². The second kappa shape index (κ2) is 12.8. The van der Waals surface area contributed by atoms with E-state index in [1.54, 1.807) is 0 Å². The first-order valence-electron chi connectivity index (χ1n) is 6.76. The average Bonchev–Trinajstić information content (AvgIpc) is 2.35. The smallest absolute Gasteiger partial charge is 0.361 e. The molecule has 18 heavy (non-hydrogen) atoms. The first-order valence-corrected chi connectivity index (χ1v) is 6.76. The maximum atomic E-state index is 10.8. The molecule has 0 aliphatic carbocycles. The number of carboxylic acid groups (broad SMARTS) is 1. The van der Waals surface area contributed by atoms with Crippen molar-refractivity contribution in [3.8, 4) is 0 Å². The minimum Gasteiger partial charge on any atom is -0.477 e. The van der Waals surface area contributed by atoms with Gasteiger partial charge in [-0.15, -0.1) is 0 Å². The molecule has 0 aromatic rings. The highest BCUT2D eigenvalue weighted by Crippen LogP contribution is 2.04. The summed E-state index contributed by atoms with van der Waals surface area (Å²) in [5, 5.41) is 8.88. The molecule has 0 bridgehead atoms. The fourth-order valence-corrected chi connectivity index (χ4v) is 1.45. The largest absolute Gasteiger partial charge is 0.477 e. The molecular formula is C13H26O5. The highest BCUT2D eigenvalue weighted by atomic mass is 16.7. The molecule has 5 heteroatoms. The first kappa shape index (κ1) is 17.4. The normalized spacial score (nSPS) is 12.6. The lowest BCUT2D eigenvalue weighted by molar-refractivity contribution is -0.192. The van der Waals surface area contributed by atoms with E-state index in [9.17, 15) is 4.79 Å². The lowest BCUT2D eigenvalue weighted by atomic mass is 10.2. The molecule has 0 saturated carbocycles. The van der Waals surface area contributed by atoms with Crippen molar-refractivity contribution in [2.45, 2.75) is 52.2 Å². The number of hydrogen-bond donors (Lipinski definition) is 1. The molecule has 0 fully saturated rings. The van der Waals surface area contributed by atoms with Gasteiger partial charge in [0.25, 0.3) is 6.29 Å². The van der Waals surface area contributed by atoms with Gasteiger partial charge in [-0.05, 0) is 13.3 Å². The van der Waals surface area contributed by atoms with Gasteiger partial charge in [0.1, 0.15) is 0 Å². The molecule has 0 rings (SSSR count). The number of aliphatic carboxylic acids is 1. The minimum atomic E-state index is -1.17. The molecule has 0 aliphatic heterocycles. The number of hydrogen-bond acceptors (Lipinski definition) is 4. The van der Waals surface area contributed by atoms with Crippen molar-refractivity contribution < 1.29 is 24.1 Å². The monoisotopic (exact) mass is 262 g/mol. The van der Waals surface area contributed by atoms with Gasteiger partial charge < -0.3 is 19.3 Å². The molecule has 0 saturated heterocycles.